The van der Waals surface area contributed by atoms with Crippen LogP contribution in [-0.4, -0.2) is 31.8 Å². The zero-order valence-corrected chi connectivity index (χ0v) is 5.37. The van der Waals surface area contributed by atoms with Gasteiger partial charge < -0.3 is 10.3 Å². The Morgan fingerprint density at radius 1 is 1.60 bits per heavy atom. The number of anilines is 1. The summed E-state index contributed by atoms with van der Waals surface area (Å²) in [5.41, 5.74) is 0. The Bertz CT molecular complexity index is 332. The topological polar surface area (TPSA) is 70.9 Å². The largest absolute Gasteiger partial charge is 0.356 e. The number of fused-ring (bicyclic) bond motifs is 1. The van der Waals surface area contributed by atoms with Crippen molar-refractivity contribution in [2.24, 2.45) is 0 Å². The fraction of sp³-hybridized carbons (Fsp3) is 0.250. The Labute approximate surface area is 56.3 Å². The molecule has 6 nitrogen and oxygen atoms in total. The SMILES string of the molecule is CNc1nnc2[nH]cnn12. The lowest BCUT2D eigenvalue weighted by Crippen LogP contribution is -1.95. The molecule has 0 unspecified atom stereocenters. The maximum absolute atomic E-state index is 3.92. The van der Waals surface area contributed by atoms with Crippen LogP contribution in [0, 0.1) is 0 Å². The lowest BCUT2D eigenvalue weighted by atomic mass is 11.0. The first kappa shape index (κ1) is 5.21. The van der Waals surface area contributed by atoms with Crippen LogP contribution in [-0.2, 0) is 0 Å². The molecule has 2 aromatic heterocycles. The van der Waals surface area contributed by atoms with E-state index in [0.29, 0.717) is 11.7 Å². The first-order valence-corrected chi connectivity index (χ1v) is 2.84. The van der Waals surface area contributed by atoms with Gasteiger partial charge in [0.1, 0.15) is 6.33 Å². The highest BCUT2D eigenvalue weighted by Crippen LogP contribution is 2.00. The minimum atomic E-state index is 0.635. The number of H-pyrrole nitrogens is 1. The first-order valence-electron chi connectivity index (χ1n) is 2.84. The molecule has 52 valence electrons. The Balaban J connectivity index is 2.76. The summed E-state index contributed by atoms with van der Waals surface area (Å²) in [4.78, 5) is 2.81. The maximum Gasteiger partial charge on any atom is 0.252 e. The summed E-state index contributed by atoms with van der Waals surface area (Å²) in [5.74, 6) is 1.28. The molecule has 0 aliphatic rings. The van der Waals surface area contributed by atoms with E-state index in [0.717, 1.165) is 0 Å². The summed E-state index contributed by atoms with van der Waals surface area (Å²) < 4.78 is 1.58. The molecule has 0 atom stereocenters. The van der Waals surface area contributed by atoms with E-state index < -0.39 is 0 Å². The second-order valence-electron chi connectivity index (χ2n) is 1.80. The molecule has 0 saturated carbocycles. The molecular weight excluding hydrogens is 132 g/mol. The number of hydrogen-bond acceptors (Lipinski definition) is 4. The number of aromatic amines is 1. The number of nitrogens with zero attached hydrogens (tertiary/aromatic N) is 4. The quantitative estimate of drug-likeness (QED) is 0.557. The average molecular weight is 138 g/mol. The van der Waals surface area contributed by atoms with E-state index in [1.165, 1.54) is 0 Å². The van der Waals surface area contributed by atoms with Crippen LogP contribution in [0.15, 0.2) is 6.33 Å². The van der Waals surface area contributed by atoms with Crippen LogP contribution >= 0.6 is 0 Å². The highest BCUT2D eigenvalue weighted by Gasteiger charge is 2.02. The van der Waals surface area contributed by atoms with Crippen molar-refractivity contribution in [1.29, 1.82) is 0 Å². The lowest BCUT2D eigenvalue weighted by molar-refractivity contribution is 0.958. The summed E-state index contributed by atoms with van der Waals surface area (Å²) in [6.45, 7) is 0. The van der Waals surface area contributed by atoms with Crippen molar-refractivity contribution >= 4 is 11.7 Å². The van der Waals surface area contributed by atoms with Crippen molar-refractivity contribution in [2.75, 3.05) is 12.4 Å². The van der Waals surface area contributed by atoms with Gasteiger partial charge in [0.15, 0.2) is 0 Å². The van der Waals surface area contributed by atoms with Gasteiger partial charge in [0.2, 0.25) is 5.95 Å². The van der Waals surface area contributed by atoms with E-state index >= 15 is 0 Å². The smallest absolute Gasteiger partial charge is 0.252 e. The summed E-state index contributed by atoms with van der Waals surface area (Å²) in [6, 6.07) is 0. The summed E-state index contributed by atoms with van der Waals surface area (Å²) >= 11 is 0. The minimum absolute atomic E-state index is 0.635. The van der Waals surface area contributed by atoms with Gasteiger partial charge in [-0.2, -0.15) is 9.61 Å². The molecule has 2 N–H and O–H groups in total. The average Bonchev–Trinajstić information content (AvgIpc) is 2.44. The second-order valence-corrected chi connectivity index (χ2v) is 1.80. The summed E-state index contributed by atoms with van der Waals surface area (Å²) in [5, 5.41) is 14.3. The molecule has 2 rings (SSSR count). The molecule has 0 aliphatic carbocycles. The number of aromatic nitrogens is 5. The zero-order chi connectivity index (χ0) is 6.97. The normalized spacial score (nSPS) is 10.5. The Morgan fingerprint density at radius 3 is 3.30 bits per heavy atom. The van der Waals surface area contributed by atoms with Gasteiger partial charge in [-0.3, -0.25) is 0 Å². The number of rotatable bonds is 1. The third-order valence-electron chi connectivity index (χ3n) is 1.23. The summed E-state index contributed by atoms with van der Waals surface area (Å²) in [7, 11) is 1.77. The van der Waals surface area contributed by atoms with Gasteiger partial charge in [-0.25, -0.2) is 0 Å². The molecular formula is C4H6N6. The highest BCUT2D eigenvalue weighted by molar-refractivity contribution is 5.35. The molecule has 10 heavy (non-hydrogen) atoms. The molecule has 2 heterocycles. The zero-order valence-electron chi connectivity index (χ0n) is 5.37. The van der Waals surface area contributed by atoms with Gasteiger partial charge in [0, 0.05) is 7.05 Å². The van der Waals surface area contributed by atoms with E-state index in [-0.39, 0.29) is 0 Å². The first-order chi connectivity index (χ1) is 4.92. The van der Waals surface area contributed by atoms with Gasteiger partial charge in [-0.05, 0) is 0 Å². The highest BCUT2D eigenvalue weighted by atomic mass is 15.5. The van der Waals surface area contributed by atoms with Gasteiger partial charge in [0.05, 0.1) is 0 Å². The van der Waals surface area contributed by atoms with E-state index in [9.17, 15) is 0 Å². The van der Waals surface area contributed by atoms with E-state index in [4.69, 9.17) is 0 Å². The molecule has 6 heteroatoms. The van der Waals surface area contributed by atoms with Crippen LogP contribution < -0.4 is 5.32 Å². The molecule has 0 fully saturated rings. The van der Waals surface area contributed by atoms with Crippen LogP contribution in [0.3, 0.4) is 0 Å². The fourth-order valence-corrected chi connectivity index (χ4v) is 0.779. The molecule has 0 aliphatic heterocycles. The molecule has 0 saturated heterocycles. The van der Waals surface area contributed by atoms with Crippen molar-refractivity contribution in [3.8, 4) is 0 Å². The molecule has 0 radical (unpaired) electrons. The van der Waals surface area contributed by atoms with E-state index in [2.05, 4.69) is 25.6 Å². The number of nitrogens with one attached hydrogen (secondary N) is 2. The van der Waals surface area contributed by atoms with E-state index in [1.807, 2.05) is 0 Å². The molecule has 0 bridgehead atoms. The Kier molecular flexibility index (Phi) is 0.883. The Hall–Kier alpha value is -1.59. The molecule has 2 aromatic rings. The fourth-order valence-electron chi connectivity index (χ4n) is 0.779. The van der Waals surface area contributed by atoms with Crippen LogP contribution in [0.1, 0.15) is 0 Å². The molecule has 0 amide bonds. The van der Waals surface area contributed by atoms with E-state index in [1.54, 1.807) is 17.9 Å². The van der Waals surface area contributed by atoms with Gasteiger partial charge in [0.25, 0.3) is 5.78 Å². The summed E-state index contributed by atoms with van der Waals surface area (Å²) in [6.07, 6.45) is 1.56. The van der Waals surface area contributed by atoms with Gasteiger partial charge >= 0.3 is 0 Å². The lowest BCUT2D eigenvalue weighted by Gasteiger charge is -1.88. The van der Waals surface area contributed by atoms with Crippen LogP contribution in [0.4, 0.5) is 5.95 Å². The van der Waals surface area contributed by atoms with Crippen LogP contribution in [0.5, 0.6) is 0 Å². The molecule has 0 aromatic carbocycles. The predicted molar refractivity (Wildman–Crippen MR) is 34.7 cm³/mol. The minimum Gasteiger partial charge on any atom is -0.356 e. The third-order valence-corrected chi connectivity index (χ3v) is 1.23. The van der Waals surface area contributed by atoms with Crippen molar-refractivity contribution < 1.29 is 0 Å². The van der Waals surface area contributed by atoms with Crippen LogP contribution in [0.25, 0.3) is 5.78 Å². The predicted octanol–water partition coefficient (Wildman–Crippen LogP) is -0.506. The monoisotopic (exact) mass is 138 g/mol. The van der Waals surface area contributed by atoms with Crippen molar-refractivity contribution in [3.63, 3.8) is 0 Å². The Morgan fingerprint density at radius 2 is 2.50 bits per heavy atom. The second kappa shape index (κ2) is 1.69. The van der Waals surface area contributed by atoms with Gasteiger partial charge in [-0.15, -0.1) is 10.2 Å². The van der Waals surface area contributed by atoms with Crippen molar-refractivity contribution in [1.82, 2.24) is 24.8 Å². The standard InChI is InChI=1S/C4H6N6/c1-5-3-8-9-4-6-2-7-10(3)4/h2H,1H3,(H,5,8)(H,6,7,9). The molecule has 0 spiro atoms. The maximum atomic E-state index is 3.92. The van der Waals surface area contributed by atoms with Crippen molar-refractivity contribution in [2.45, 2.75) is 0 Å². The number of hydrogen-bond donors (Lipinski definition) is 2. The van der Waals surface area contributed by atoms with Crippen LogP contribution in [0.2, 0.25) is 0 Å². The third kappa shape index (κ3) is 0.498. The van der Waals surface area contributed by atoms with Gasteiger partial charge in [-0.1, -0.05) is 0 Å². The van der Waals surface area contributed by atoms with Crippen molar-refractivity contribution in [3.05, 3.63) is 6.33 Å².